The van der Waals surface area contributed by atoms with Gasteiger partial charge in [-0.2, -0.15) is 0 Å². The molecule has 0 aromatic carbocycles. The van der Waals surface area contributed by atoms with Gasteiger partial charge < -0.3 is 14.1 Å². The largest absolute Gasteiger partial charge is 0.467 e. The second kappa shape index (κ2) is 5.44. The Morgan fingerprint density at radius 3 is 3.15 bits per heavy atom. The van der Waals surface area contributed by atoms with Gasteiger partial charge in [0.2, 0.25) is 5.91 Å². The van der Waals surface area contributed by atoms with E-state index in [1.807, 2.05) is 34.9 Å². The van der Waals surface area contributed by atoms with Crippen molar-refractivity contribution in [1.82, 2.24) is 14.7 Å². The van der Waals surface area contributed by atoms with Crippen LogP contribution < -0.4 is 5.32 Å². The normalized spacial score (nSPS) is 11.2. The predicted octanol–water partition coefficient (Wildman–Crippen LogP) is 2.26. The Morgan fingerprint density at radius 2 is 2.30 bits per heavy atom. The van der Waals surface area contributed by atoms with Crippen molar-refractivity contribution in [2.24, 2.45) is 0 Å². The molecule has 3 aromatic rings. The van der Waals surface area contributed by atoms with Gasteiger partial charge in [-0.15, -0.1) is 0 Å². The number of amides is 1. The molecular formula is C15H13N3O2. The maximum Gasteiger partial charge on any atom is 0.244 e. The molecule has 1 amide bonds. The summed E-state index contributed by atoms with van der Waals surface area (Å²) >= 11 is 0. The first kappa shape index (κ1) is 12.2. The number of rotatable bonds is 4. The van der Waals surface area contributed by atoms with Crippen LogP contribution in [-0.4, -0.2) is 15.3 Å². The number of nitrogens with one attached hydrogen (secondary N) is 1. The van der Waals surface area contributed by atoms with Crippen molar-refractivity contribution < 1.29 is 9.21 Å². The predicted molar refractivity (Wildman–Crippen MR) is 74.8 cm³/mol. The van der Waals surface area contributed by atoms with Crippen molar-refractivity contribution >= 4 is 17.6 Å². The van der Waals surface area contributed by atoms with Crippen LogP contribution in [0, 0.1) is 0 Å². The van der Waals surface area contributed by atoms with Crippen molar-refractivity contribution in [2.75, 3.05) is 0 Å². The van der Waals surface area contributed by atoms with E-state index in [4.69, 9.17) is 4.42 Å². The van der Waals surface area contributed by atoms with Crippen molar-refractivity contribution in [3.63, 3.8) is 0 Å². The van der Waals surface area contributed by atoms with Gasteiger partial charge in [0.15, 0.2) is 0 Å². The number of hydrogen-bond donors (Lipinski definition) is 1. The Balaban J connectivity index is 1.66. The molecule has 0 unspecified atom stereocenters. The van der Waals surface area contributed by atoms with Gasteiger partial charge in [0.25, 0.3) is 0 Å². The summed E-state index contributed by atoms with van der Waals surface area (Å²) in [4.78, 5) is 15.9. The van der Waals surface area contributed by atoms with E-state index in [1.54, 1.807) is 24.6 Å². The number of imidazole rings is 1. The topological polar surface area (TPSA) is 59.5 Å². The summed E-state index contributed by atoms with van der Waals surface area (Å²) in [5, 5.41) is 2.75. The Bertz CT molecular complexity index is 741. The zero-order valence-corrected chi connectivity index (χ0v) is 10.7. The van der Waals surface area contributed by atoms with Crippen LogP contribution in [0.4, 0.5) is 0 Å². The van der Waals surface area contributed by atoms with Gasteiger partial charge in [0.1, 0.15) is 11.4 Å². The van der Waals surface area contributed by atoms with Crippen LogP contribution in [0.1, 0.15) is 11.5 Å². The minimum atomic E-state index is -0.174. The fourth-order valence-corrected chi connectivity index (χ4v) is 1.88. The van der Waals surface area contributed by atoms with E-state index in [9.17, 15) is 4.79 Å². The van der Waals surface area contributed by atoms with Crippen molar-refractivity contribution in [2.45, 2.75) is 6.54 Å². The van der Waals surface area contributed by atoms with Gasteiger partial charge in [-0.25, -0.2) is 4.98 Å². The number of fused-ring (bicyclic) bond motifs is 1. The van der Waals surface area contributed by atoms with Gasteiger partial charge in [-0.05, 0) is 30.3 Å². The zero-order chi connectivity index (χ0) is 13.8. The molecule has 0 radical (unpaired) electrons. The van der Waals surface area contributed by atoms with E-state index in [1.165, 1.54) is 6.08 Å². The highest BCUT2D eigenvalue weighted by molar-refractivity contribution is 5.91. The molecule has 3 rings (SSSR count). The molecule has 0 aliphatic carbocycles. The number of carbonyl (C=O) groups excluding carboxylic acids is 1. The molecule has 0 saturated heterocycles. The maximum atomic E-state index is 11.7. The molecule has 20 heavy (non-hydrogen) atoms. The van der Waals surface area contributed by atoms with Crippen LogP contribution >= 0.6 is 0 Å². The third-order valence-corrected chi connectivity index (χ3v) is 2.87. The number of aromatic nitrogens is 2. The second-order valence-corrected chi connectivity index (χ2v) is 4.24. The highest BCUT2D eigenvalue weighted by Gasteiger charge is 2.01. The van der Waals surface area contributed by atoms with E-state index in [-0.39, 0.29) is 5.91 Å². The highest BCUT2D eigenvalue weighted by atomic mass is 16.3. The monoisotopic (exact) mass is 267 g/mol. The lowest BCUT2D eigenvalue weighted by molar-refractivity contribution is -0.116. The zero-order valence-electron chi connectivity index (χ0n) is 10.7. The summed E-state index contributed by atoms with van der Waals surface area (Å²) < 4.78 is 7.05. The summed E-state index contributed by atoms with van der Waals surface area (Å²) in [5.74, 6) is 0.550. The first-order chi connectivity index (χ1) is 9.83. The Kier molecular flexibility index (Phi) is 3.33. The lowest BCUT2D eigenvalue weighted by Gasteiger charge is -1.98. The first-order valence-corrected chi connectivity index (χ1v) is 6.23. The van der Waals surface area contributed by atoms with Crippen LogP contribution in [0.5, 0.6) is 0 Å². The molecule has 0 aliphatic rings. The van der Waals surface area contributed by atoms with Gasteiger partial charge in [-0.1, -0.05) is 6.07 Å². The van der Waals surface area contributed by atoms with Gasteiger partial charge >= 0.3 is 0 Å². The van der Waals surface area contributed by atoms with Crippen molar-refractivity contribution in [3.05, 3.63) is 66.5 Å². The highest BCUT2D eigenvalue weighted by Crippen LogP contribution is 2.07. The molecule has 100 valence electrons. The van der Waals surface area contributed by atoms with Gasteiger partial charge in [0.05, 0.1) is 24.7 Å². The molecule has 3 aromatic heterocycles. The molecule has 0 saturated carbocycles. The van der Waals surface area contributed by atoms with Crippen LogP contribution in [0.2, 0.25) is 0 Å². The third-order valence-electron chi connectivity index (χ3n) is 2.87. The Morgan fingerprint density at radius 1 is 1.35 bits per heavy atom. The molecule has 0 atom stereocenters. The average Bonchev–Trinajstić information content (AvgIpc) is 3.12. The van der Waals surface area contributed by atoms with E-state index in [2.05, 4.69) is 10.3 Å². The molecular weight excluding hydrogens is 254 g/mol. The Labute approximate surface area is 115 Å². The molecule has 0 bridgehead atoms. The minimum absolute atomic E-state index is 0.174. The Hall–Kier alpha value is -2.82. The SMILES string of the molecule is O=C(/C=C/c1cnc2ccccn12)NCc1ccco1. The van der Waals surface area contributed by atoms with E-state index >= 15 is 0 Å². The number of carbonyl (C=O) groups is 1. The van der Waals surface area contributed by atoms with Crippen LogP contribution in [0.25, 0.3) is 11.7 Å². The van der Waals surface area contributed by atoms with Crippen molar-refractivity contribution in [1.29, 1.82) is 0 Å². The summed E-state index contributed by atoms with van der Waals surface area (Å²) in [6.07, 6.45) is 8.43. The van der Waals surface area contributed by atoms with Crippen LogP contribution in [0.3, 0.4) is 0 Å². The molecule has 1 N–H and O–H groups in total. The molecule has 0 fully saturated rings. The summed E-state index contributed by atoms with van der Waals surface area (Å²) in [6.45, 7) is 0.378. The molecule has 3 heterocycles. The van der Waals surface area contributed by atoms with E-state index in [0.29, 0.717) is 6.54 Å². The molecule has 5 nitrogen and oxygen atoms in total. The van der Waals surface area contributed by atoms with Gasteiger partial charge in [0, 0.05) is 12.3 Å². The molecule has 0 spiro atoms. The average molecular weight is 267 g/mol. The fraction of sp³-hybridized carbons (Fsp3) is 0.0667. The van der Waals surface area contributed by atoms with E-state index < -0.39 is 0 Å². The summed E-state index contributed by atoms with van der Waals surface area (Å²) in [7, 11) is 0. The molecule has 0 aliphatic heterocycles. The minimum Gasteiger partial charge on any atom is -0.467 e. The number of pyridine rings is 1. The number of hydrogen-bond acceptors (Lipinski definition) is 3. The second-order valence-electron chi connectivity index (χ2n) is 4.24. The summed E-state index contributed by atoms with van der Waals surface area (Å²) in [5.41, 5.74) is 1.71. The standard InChI is InChI=1S/C15H13N3O2/c19-15(17-11-13-4-3-9-20-13)7-6-12-10-16-14-5-1-2-8-18(12)14/h1-10H,11H2,(H,17,19)/b7-6+. The maximum absolute atomic E-state index is 11.7. The number of furan rings is 1. The lowest BCUT2D eigenvalue weighted by atomic mass is 10.3. The van der Waals surface area contributed by atoms with E-state index in [0.717, 1.165) is 17.1 Å². The smallest absolute Gasteiger partial charge is 0.244 e. The third kappa shape index (κ3) is 2.61. The van der Waals surface area contributed by atoms with Gasteiger partial charge in [-0.3, -0.25) is 4.79 Å². The lowest BCUT2D eigenvalue weighted by Crippen LogP contribution is -2.19. The number of nitrogens with zero attached hydrogens (tertiary/aromatic N) is 2. The van der Waals surface area contributed by atoms with Crippen molar-refractivity contribution in [3.8, 4) is 0 Å². The van der Waals surface area contributed by atoms with Crippen LogP contribution in [-0.2, 0) is 11.3 Å². The van der Waals surface area contributed by atoms with Crippen LogP contribution in [0.15, 0.2) is 59.5 Å². The quantitative estimate of drug-likeness (QED) is 0.738. The fourth-order valence-electron chi connectivity index (χ4n) is 1.88. The molecule has 5 heteroatoms. The first-order valence-electron chi connectivity index (χ1n) is 6.23. The summed E-state index contributed by atoms with van der Waals surface area (Å²) in [6, 6.07) is 9.35.